The molecular formula is C23H52INO7Si5. The number of benzene rings is 1. The number of halogens is 1. The van der Waals surface area contributed by atoms with Gasteiger partial charge in [0, 0.05) is 25.8 Å². The number of carbonyl (C=O) groups is 1. The van der Waals surface area contributed by atoms with Gasteiger partial charge in [-0.1, -0.05) is 7.43 Å². The summed E-state index contributed by atoms with van der Waals surface area (Å²) >= 11 is -0.795. The van der Waals surface area contributed by atoms with Gasteiger partial charge in [-0.05, 0) is 111 Å². The Hall–Kier alpha value is 0.104. The van der Waals surface area contributed by atoms with Crippen molar-refractivity contribution in [2.45, 2.75) is 99.3 Å². The zero-order valence-corrected chi connectivity index (χ0v) is 31.7. The molecular weight excluding hydrogens is 670 g/mol. The number of aliphatic hydroxyl groups is 1. The summed E-state index contributed by atoms with van der Waals surface area (Å²) < 4.78 is 38.0. The fourth-order valence-corrected chi connectivity index (χ4v) is 32.7. The Morgan fingerprint density at radius 2 is 1.41 bits per heavy atom. The largest absolute Gasteiger partial charge is 0.494 e. The van der Waals surface area contributed by atoms with Gasteiger partial charge in [-0.15, -0.1) is 0 Å². The molecule has 2 atom stereocenters. The summed E-state index contributed by atoms with van der Waals surface area (Å²) in [5.41, 5.74) is -0.835. The molecule has 0 spiro atoms. The Balaban J connectivity index is 0. The van der Waals surface area contributed by atoms with Crippen LogP contribution in [0.2, 0.25) is 65.5 Å². The summed E-state index contributed by atoms with van der Waals surface area (Å²) in [5.74, 6) is 0.440. The lowest BCUT2D eigenvalue weighted by Crippen LogP contribution is -2.52. The third kappa shape index (κ3) is 18.1. The van der Waals surface area contributed by atoms with E-state index in [4.69, 9.17) is 24.8 Å². The minimum Gasteiger partial charge on any atom is -0.494 e. The van der Waals surface area contributed by atoms with E-state index in [0.717, 1.165) is 5.75 Å². The molecule has 1 rings (SSSR count). The normalized spacial score (nSPS) is 15.0. The van der Waals surface area contributed by atoms with Crippen LogP contribution in [0.1, 0.15) is 38.6 Å². The Morgan fingerprint density at radius 3 is 1.76 bits per heavy atom. The number of rotatable bonds is 13. The number of carbonyl (C=O) groups excluding carboxylic acids is 1. The van der Waals surface area contributed by atoms with Crippen molar-refractivity contribution in [1.82, 2.24) is 0 Å². The van der Waals surface area contributed by atoms with Crippen LogP contribution in [0.15, 0.2) is 24.3 Å². The molecule has 0 saturated carbocycles. The van der Waals surface area contributed by atoms with Crippen LogP contribution in [0.25, 0.3) is 0 Å². The first kappa shape index (κ1) is 39.2. The lowest BCUT2D eigenvalue weighted by atomic mass is 9.97. The van der Waals surface area contributed by atoms with Crippen LogP contribution < -0.4 is 4.74 Å². The van der Waals surface area contributed by atoms with Crippen molar-refractivity contribution in [3.8, 4) is 5.75 Å². The third-order valence-electron chi connectivity index (χ3n) is 4.02. The molecule has 37 heavy (non-hydrogen) atoms. The van der Waals surface area contributed by atoms with Crippen molar-refractivity contribution in [1.29, 1.82) is 3.56 Å². The van der Waals surface area contributed by atoms with Crippen LogP contribution in [0.4, 0.5) is 0 Å². The van der Waals surface area contributed by atoms with Crippen LogP contribution in [0.5, 0.6) is 5.75 Å². The average molecular weight is 722 g/mol. The van der Waals surface area contributed by atoms with Crippen LogP contribution in [-0.4, -0.2) is 63.6 Å². The van der Waals surface area contributed by atoms with Gasteiger partial charge in [0.1, 0.15) is 11.4 Å². The Kier molecular flexibility index (Phi) is 16.7. The van der Waals surface area contributed by atoms with Gasteiger partial charge in [0.15, 0.2) is 22.4 Å². The standard InChI is InChI=1S/C12H16O3.C10H32INO4Si5.CH4/c1-4-15-10-7-5-9(6-8-10)11(13)12(2,3)14;1-17(13-20(8,9)15-18(2,3)4)14-21(10,11-12)16-19(5,6)7;/h5-8,14H,4H2,1-3H3;12,17H,1-10H3;1H4. The number of ketones is 1. The zero-order valence-electron chi connectivity index (χ0n) is 24.4. The van der Waals surface area contributed by atoms with Crippen LogP contribution in [0.3, 0.4) is 0 Å². The summed E-state index contributed by atoms with van der Waals surface area (Å²) in [6.07, 6.45) is 0. The molecule has 0 heterocycles. The first-order valence-corrected chi connectivity index (χ1v) is 30.3. The highest BCUT2D eigenvalue weighted by atomic mass is 127. The molecule has 0 bridgehead atoms. The summed E-state index contributed by atoms with van der Waals surface area (Å²) in [6.45, 7) is 26.7. The fourth-order valence-electron chi connectivity index (χ4n) is 3.32. The van der Waals surface area contributed by atoms with Gasteiger partial charge in [0.2, 0.25) is 0 Å². The van der Waals surface area contributed by atoms with E-state index in [2.05, 4.69) is 52.4 Å². The van der Waals surface area contributed by atoms with Gasteiger partial charge in [-0.3, -0.25) is 8.36 Å². The predicted octanol–water partition coefficient (Wildman–Crippen LogP) is 7.25. The van der Waals surface area contributed by atoms with Gasteiger partial charge in [-0.25, -0.2) is 0 Å². The topological polar surface area (TPSA) is 107 Å². The lowest BCUT2D eigenvalue weighted by molar-refractivity contribution is 0.0488. The first-order chi connectivity index (χ1) is 16.0. The van der Waals surface area contributed by atoms with Crippen molar-refractivity contribution in [2.24, 2.45) is 0 Å². The minimum absolute atomic E-state index is 0. The van der Waals surface area contributed by atoms with E-state index in [9.17, 15) is 9.90 Å². The Morgan fingerprint density at radius 1 is 0.946 bits per heavy atom. The van der Waals surface area contributed by atoms with E-state index in [1.165, 1.54) is 13.8 Å². The smallest absolute Gasteiger partial charge is 0.398 e. The molecule has 0 fully saturated rings. The number of hydrogen-bond acceptors (Lipinski definition) is 8. The summed E-state index contributed by atoms with van der Waals surface area (Å²) in [5, 5.41) is 9.53. The summed E-state index contributed by atoms with van der Waals surface area (Å²) in [4.78, 5) is 11.6. The summed E-state index contributed by atoms with van der Waals surface area (Å²) in [7, 11) is -7.25. The molecule has 8 nitrogen and oxygen atoms in total. The zero-order chi connectivity index (χ0) is 28.6. The van der Waals surface area contributed by atoms with E-state index in [0.29, 0.717) is 12.2 Å². The van der Waals surface area contributed by atoms with Crippen molar-refractivity contribution in [3.05, 3.63) is 29.8 Å². The van der Waals surface area contributed by atoms with Crippen molar-refractivity contribution in [3.63, 3.8) is 0 Å². The molecule has 218 valence electrons. The minimum atomic E-state index is -2.33. The second-order valence-corrected chi connectivity index (χ2v) is 36.7. The maximum Gasteiger partial charge on any atom is 0.398 e. The van der Waals surface area contributed by atoms with Gasteiger partial charge in [0.05, 0.1) is 6.61 Å². The molecule has 2 unspecified atom stereocenters. The second kappa shape index (κ2) is 15.8. The van der Waals surface area contributed by atoms with E-state index in [1.807, 2.05) is 20.0 Å². The number of Topliss-reactive ketones (excluding diaryl/α,β-unsaturated/α-hetero) is 1. The SMILES string of the molecule is C.CCOc1ccc(C(=O)C(C)(C)O)cc1.C[SiH](O[Si](C)(C)O[Si](C)(C)C)O[Si](C)(O[Si](C)(C)C)I=N. The fraction of sp³-hybridized carbons (Fsp3) is 0.696. The van der Waals surface area contributed by atoms with E-state index in [-0.39, 0.29) is 13.2 Å². The Bertz CT molecular complexity index is 840. The molecule has 14 heteroatoms. The number of nitrogens with one attached hydrogen (secondary N) is 1. The van der Waals surface area contributed by atoms with Gasteiger partial charge in [0.25, 0.3) is 0 Å². The highest BCUT2D eigenvalue weighted by molar-refractivity contribution is 14.2. The third-order valence-corrected chi connectivity index (χ3v) is 26.5. The van der Waals surface area contributed by atoms with Crippen molar-refractivity contribution >= 4 is 66.6 Å². The molecule has 2 N–H and O–H groups in total. The quantitative estimate of drug-likeness (QED) is 0.0957. The first-order valence-electron chi connectivity index (χ1n) is 12.1. The second-order valence-electron chi connectivity index (χ2n) is 11.4. The maximum atomic E-state index is 11.6. The molecule has 0 aliphatic rings. The monoisotopic (exact) mass is 721 g/mol. The van der Waals surface area contributed by atoms with Gasteiger partial charge in [-0.2, -0.15) is 0 Å². The molecule has 0 saturated heterocycles. The lowest BCUT2D eigenvalue weighted by Gasteiger charge is -2.36. The Labute approximate surface area is 241 Å². The maximum absolute atomic E-state index is 11.6. The molecule has 0 aromatic heterocycles. The van der Waals surface area contributed by atoms with Gasteiger partial charge < -0.3 is 26.3 Å². The molecule has 0 aliphatic carbocycles. The van der Waals surface area contributed by atoms with Crippen molar-refractivity contribution < 1.29 is 31.1 Å². The molecule has 1 aromatic rings. The van der Waals surface area contributed by atoms with E-state index < -0.39 is 66.4 Å². The van der Waals surface area contributed by atoms with Crippen LogP contribution in [0, 0.1) is 3.56 Å². The van der Waals surface area contributed by atoms with Crippen LogP contribution >= 0.6 is 20.2 Å². The molecule has 0 radical (unpaired) electrons. The number of hydrogen-bond donors (Lipinski definition) is 2. The van der Waals surface area contributed by atoms with E-state index in [1.54, 1.807) is 24.3 Å². The molecule has 1 aromatic carbocycles. The molecule has 0 aliphatic heterocycles. The average Bonchev–Trinajstić information content (AvgIpc) is 2.64. The highest BCUT2D eigenvalue weighted by Gasteiger charge is 2.41. The molecule has 0 amide bonds. The predicted molar refractivity (Wildman–Crippen MR) is 175 cm³/mol. The van der Waals surface area contributed by atoms with E-state index >= 15 is 0 Å². The number of ether oxygens (including phenoxy) is 1. The van der Waals surface area contributed by atoms with Crippen LogP contribution in [-0.2, 0) is 16.5 Å². The highest BCUT2D eigenvalue weighted by Crippen LogP contribution is 2.28. The van der Waals surface area contributed by atoms with Crippen molar-refractivity contribution in [2.75, 3.05) is 6.61 Å². The van der Waals surface area contributed by atoms with Gasteiger partial charge >= 0.3 is 23.9 Å². The summed E-state index contributed by atoms with van der Waals surface area (Å²) in [6, 6.07) is 4.44.